The van der Waals surface area contributed by atoms with Crippen molar-refractivity contribution in [3.63, 3.8) is 0 Å². The van der Waals surface area contributed by atoms with E-state index in [-0.39, 0.29) is 59.7 Å². The molecule has 2 unspecified atom stereocenters. The number of nitrogens with zero attached hydrogens (tertiary/aromatic N) is 3. The Labute approximate surface area is 270 Å². The second-order valence-corrected chi connectivity index (χ2v) is 12.0. The Kier molecular flexibility index (Phi) is 7.26. The van der Waals surface area contributed by atoms with Crippen molar-refractivity contribution in [2.45, 2.75) is 51.5 Å². The number of benzene rings is 3. The quantitative estimate of drug-likeness (QED) is 0.223. The number of hydrogen-bond acceptors (Lipinski definition) is 12. The molecular weight excluding hydrogens is 606 g/mol. The number of phenols is 2. The van der Waals surface area contributed by atoms with E-state index in [2.05, 4.69) is 6.07 Å². The maximum atomic E-state index is 14.3. The van der Waals surface area contributed by atoms with Crippen LogP contribution in [0.15, 0.2) is 36.0 Å². The number of Topliss-reactive ketones (excluding diaryl/α,β-unsaturated/α-hetero) is 1. The summed E-state index contributed by atoms with van der Waals surface area (Å²) in [4.78, 5) is 30.3. The summed E-state index contributed by atoms with van der Waals surface area (Å²) in [5.41, 5.74) is 3.42. The maximum Gasteiger partial charge on any atom is 0.308 e. The number of phenolic OH excluding ortho intramolecular Hbond substituents is 2. The zero-order chi connectivity index (χ0) is 33.3. The first-order valence-corrected chi connectivity index (χ1v) is 15.1. The fourth-order valence-electron chi connectivity index (χ4n) is 7.51. The molecule has 1 saturated heterocycles. The van der Waals surface area contributed by atoms with Gasteiger partial charge in [-0.1, -0.05) is 30.3 Å². The molecule has 4 atom stereocenters. The first-order chi connectivity index (χ1) is 22.6. The van der Waals surface area contributed by atoms with Gasteiger partial charge in [0.05, 0.1) is 44.0 Å². The van der Waals surface area contributed by atoms with Crippen LogP contribution < -0.4 is 18.9 Å². The second kappa shape index (κ2) is 11.2. The van der Waals surface area contributed by atoms with Crippen molar-refractivity contribution in [3.8, 4) is 40.6 Å². The number of hydrogen-bond donors (Lipinski definition) is 2. The number of fused-ring (bicyclic) bond motifs is 9. The minimum atomic E-state index is -1.05. The molecule has 0 aliphatic carbocycles. The van der Waals surface area contributed by atoms with Crippen LogP contribution in [0.4, 0.5) is 0 Å². The molecular formula is C35H33N3O9. The molecule has 7 rings (SSSR count). The third kappa shape index (κ3) is 4.34. The minimum absolute atomic E-state index is 0.0363. The molecule has 0 amide bonds. The number of carbonyl (C=O) groups is 2. The summed E-state index contributed by atoms with van der Waals surface area (Å²) < 4.78 is 29.5. The highest BCUT2D eigenvalue weighted by atomic mass is 16.7. The van der Waals surface area contributed by atoms with E-state index in [1.54, 1.807) is 31.9 Å². The van der Waals surface area contributed by atoms with Crippen molar-refractivity contribution in [2.24, 2.45) is 0 Å². The van der Waals surface area contributed by atoms with Crippen LogP contribution in [0.2, 0.25) is 0 Å². The largest absolute Gasteiger partial charge is 0.507 e. The van der Waals surface area contributed by atoms with Gasteiger partial charge >= 0.3 is 5.97 Å². The number of aromatic hydroxyl groups is 2. The molecule has 47 heavy (non-hydrogen) atoms. The van der Waals surface area contributed by atoms with Crippen molar-refractivity contribution >= 4 is 17.8 Å². The predicted molar refractivity (Wildman–Crippen MR) is 166 cm³/mol. The van der Waals surface area contributed by atoms with Gasteiger partial charge in [-0.25, -0.2) is 0 Å². The molecule has 2 N–H and O–H groups in total. The molecule has 12 nitrogen and oxygen atoms in total. The van der Waals surface area contributed by atoms with Crippen LogP contribution in [0.25, 0.3) is 6.08 Å². The van der Waals surface area contributed by atoms with Gasteiger partial charge in [-0.15, -0.1) is 0 Å². The van der Waals surface area contributed by atoms with E-state index >= 15 is 0 Å². The molecule has 1 fully saturated rings. The Hall–Kier alpha value is -5.25. The number of carbonyl (C=O) groups excluding carboxylic acids is 2. The Morgan fingerprint density at radius 1 is 1.06 bits per heavy atom. The van der Waals surface area contributed by atoms with Gasteiger partial charge in [-0.2, -0.15) is 5.26 Å². The summed E-state index contributed by atoms with van der Waals surface area (Å²) in [6.07, 6.45) is 1.79. The van der Waals surface area contributed by atoms with Gasteiger partial charge in [0, 0.05) is 40.4 Å². The predicted octanol–water partition coefficient (Wildman–Crippen LogP) is 4.44. The van der Waals surface area contributed by atoms with Crippen molar-refractivity contribution in [1.29, 1.82) is 5.26 Å². The van der Waals surface area contributed by atoms with Gasteiger partial charge in [-0.3, -0.25) is 14.5 Å². The normalized spacial score (nSPS) is 22.1. The molecule has 4 aliphatic rings. The number of nitriles is 1. The lowest BCUT2D eigenvalue weighted by Gasteiger charge is -2.56. The average molecular weight is 640 g/mol. The third-order valence-corrected chi connectivity index (χ3v) is 9.49. The fraction of sp³-hybridized carbons (Fsp3) is 0.343. The van der Waals surface area contributed by atoms with E-state index in [1.807, 2.05) is 35.2 Å². The number of ether oxygens (including phenoxy) is 5. The van der Waals surface area contributed by atoms with E-state index in [4.69, 9.17) is 23.7 Å². The lowest BCUT2D eigenvalue weighted by atomic mass is 9.74. The first kappa shape index (κ1) is 30.4. The lowest BCUT2D eigenvalue weighted by molar-refractivity contribution is -0.131. The SMILES string of the molecule is COc1c(C)c(O)c2c(c1O)C1C3=Cc4c(OC(C)=O)c(C)c5c(c4[C@H](COCc4ccccc4)N3[C@@H](C#N)C(C2=O)N1C)OCO5. The van der Waals surface area contributed by atoms with Crippen LogP contribution in [-0.4, -0.2) is 71.4 Å². The van der Waals surface area contributed by atoms with Crippen LogP contribution >= 0.6 is 0 Å². The fourth-order valence-corrected chi connectivity index (χ4v) is 7.51. The van der Waals surface area contributed by atoms with Crippen LogP contribution in [0.5, 0.6) is 34.5 Å². The second-order valence-electron chi connectivity index (χ2n) is 12.0. The molecule has 2 bridgehead atoms. The van der Waals surface area contributed by atoms with Crippen molar-refractivity contribution in [2.75, 3.05) is 27.6 Å². The van der Waals surface area contributed by atoms with Crippen molar-refractivity contribution < 1.29 is 43.5 Å². The van der Waals surface area contributed by atoms with Gasteiger partial charge in [0.25, 0.3) is 0 Å². The molecule has 0 aromatic heterocycles. The summed E-state index contributed by atoms with van der Waals surface area (Å²) in [7, 11) is 3.08. The van der Waals surface area contributed by atoms with Crippen molar-refractivity contribution in [1.82, 2.24) is 9.80 Å². The Balaban J connectivity index is 1.51. The van der Waals surface area contributed by atoms with E-state index in [0.29, 0.717) is 33.9 Å². The molecule has 0 radical (unpaired) electrons. The number of esters is 1. The summed E-state index contributed by atoms with van der Waals surface area (Å²) in [5, 5.41) is 33.7. The van der Waals surface area contributed by atoms with Gasteiger partial charge in [0.1, 0.15) is 23.6 Å². The number of methoxy groups -OCH3 is 1. The van der Waals surface area contributed by atoms with Gasteiger partial charge in [0.2, 0.25) is 6.79 Å². The smallest absolute Gasteiger partial charge is 0.308 e. The number of ketones is 1. The van der Waals surface area contributed by atoms with Gasteiger partial charge in [0.15, 0.2) is 28.8 Å². The highest BCUT2D eigenvalue weighted by molar-refractivity contribution is 6.07. The third-order valence-electron chi connectivity index (χ3n) is 9.49. The monoisotopic (exact) mass is 639 g/mol. The van der Waals surface area contributed by atoms with Crippen molar-refractivity contribution in [3.05, 3.63) is 75.0 Å². The topological polar surface area (TPSA) is 151 Å². The highest BCUT2D eigenvalue weighted by Gasteiger charge is 2.57. The highest BCUT2D eigenvalue weighted by Crippen LogP contribution is 2.60. The Morgan fingerprint density at radius 2 is 1.79 bits per heavy atom. The minimum Gasteiger partial charge on any atom is -0.507 e. The Morgan fingerprint density at radius 3 is 2.47 bits per heavy atom. The van der Waals surface area contributed by atoms with Crippen LogP contribution in [0.1, 0.15) is 62.7 Å². The molecule has 3 aromatic carbocycles. The van der Waals surface area contributed by atoms with Gasteiger partial charge in [-0.05, 0) is 32.5 Å². The molecule has 0 spiro atoms. The Bertz CT molecular complexity index is 1920. The number of piperazine rings is 1. The molecule has 0 saturated carbocycles. The molecule has 242 valence electrons. The van der Waals surface area contributed by atoms with Gasteiger partial charge < -0.3 is 38.8 Å². The first-order valence-electron chi connectivity index (χ1n) is 15.1. The van der Waals surface area contributed by atoms with Crippen LogP contribution in [-0.2, 0) is 16.1 Å². The van der Waals surface area contributed by atoms with E-state index in [0.717, 1.165) is 5.56 Å². The molecule has 12 heteroatoms. The summed E-state index contributed by atoms with van der Waals surface area (Å²) in [6, 6.07) is 8.36. The van der Waals surface area contributed by atoms with E-state index in [1.165, 1.54) is 14.0 Å². The van der Waals surface area contributed by atoms with Crippen LogP contribution in [0, 0.1) is 25.2 Å². The average Bonchev–Trinajstić information content (AvgIpc) is 3.54. The standard InChI is InChI=1S/C35H33N3O9/c1-16-29(40)26-25(31(42)33(16)43-5)27-21-11-20-24(35-34(45-15-46-35)17(2)32(20)47-18(3)39)23(14-44-13-19-9-7-6-8-10-19)38(21)22(12-36)28(30(26)41)37(27)4/h6-11,22-23,27-28,40,42H,13-15H2,1-5H3/t22-,23-,27?,28?/m0/s1. The van der Waals surface area contributed by atoms with Crippen LogP contribution in [0.3, 0.4) is 0 Å². The van der Waals surface area contributed by atoms with E-state index < -0.39 is 35.9 Å². The summed E-state index contributed by atoms with van der Waals surface area (Å²) in [5.74, 6) is -0.509. The molecule has 4 aliphatic heterocycles. The lowest BCUT2D eigenvalue weighted by Crippen LogP contribution is -2.64. The molecule has 4 heterocycles. The zero-order valence-corrected chi connectivity index (χ0v) is 26.5. The maximum absolute atomic E-state index is 14.3. The van der Waals surface area contributed by atoms with E-state index in [9.17, 15) is 25.1 Å². The zero-order valence-electron chi connectivity index (χ0n) is 26.5. The number of likely N-dealkylation sites (N-methyl/N-ethyl adjacent to an activating group) is 1. The summed E-state index contributed by atoms with van der Waals surface area (Å²) >= 11 is 0. The summed E-state index contributed by atoms with van der Waals surface area (Å²) in [6.45, 7) is 4.88. The molecule has 3 aromatic rings. The number of rotatable bonds is 6.